The number of carbonyl (C=O) groups is 16. The lowest BCUT2D eigenvalue weighted by Gasteiger charge is -2.33. The van der Waals surface area contributed by atoms with Crippen molar-refractivity contribution in [3.05, 3.63) is 114 Å². The maximum atomic E-state index is 15.1. The molecule has 4 aromatic rings. The number of nitrogens with two attached hydrogens (primary N) is 2. The van der Waals surface area contributed by atoms with Crippen LogP contribution in [0.5, 0.6) is 5.75 Å². The summed E-state index contributed by atoms with van der Waals surface area (Å²) in [4.78, 5) is 228. The van der Waals surface area contributed by atoms with Gasteiger partial charge in [0.15, 0.2) is 46.3 Å². The molecule has 0 bridgehead atoms. The Morgan fingerprint density at radius 1 is 0.589 bits per heavy atom. The normalized spacial score (nSPS) is 22.8. The number of primary amides is 1. The number of benzene rings is 3. The minimum atomic E-state index is -1.81. The van der Waals surface area contributed by atoms with Gasteiger partial charge in [-0.3, -0.25) is 82.0 Å². The minimum absolute atomic E-state index is 0.00522. The Kier molecular flexibility index (Phi) is 47.2. The van der Waals surface area contributed by atoms with Gasteiger partial charge in [0.05, 0.1) is 112 Å². The van der Waals surface area contributed by atoms with Gasteiger partial charge in [-0.2, -0.15) is 0 Å². The summed E-state index contributed by atoms with van der Waals surface area (Å²) in [5.41, 5.74) is 22.1. The Morgan fingerprint density at radius 3 is 1.88 bits per heavy atom. The molecular formula is C93H141N17O19. The fraction of sp³-hybridized carbons (Fsp3) is 0.591. The topological polar surface area (TPSA) is 570 Å². The van der Waals surface area contributed by atoms with Gasteiger partial charge in [-0.1, -0.05) is 120 Å². The molecule has 15 atom stereocenters. The number of nitrogens with one attached hydrogen (secondary N) is 15. The van der Waals surface area contributed by atoms with Gasteiger partial charge in [0.25, 0.3) is 0 Å². The summed E-state index contributed by atoms with van der Waals surface area (Å²) in [5, 5.41) is 60.9. The van der Waals surface area contributed by atoms with Crippen molar-refractivity contribution >= 4 is 104 Å². The van der Waals surface area contributed by atoms with E-state index in [-0.39, 0.29) is 113 Å². The molecule has 1 aliphatic heterocycles. The van der Waals surface area contributed by atoms with Crippen molar-refractivity contribution in [2.24, 2.45) is 23.3 Å². The van der Waals surface area contributed by atoms with E-state index in [0.717, 1.165) is 0 Å². The zero-order valence-corrected chi connectivity index (χ0v) is 76.8. The van der Waals surface area contributed by atoms with Gasteiger partial charge in [-0.05, 0) is 172 Å². The number of aromatic hydroxyl groups is 1. The monoisotopic (exact) mass is 1800 g/mol. The average molecular weight is 1800 g/mol. The van der Waals surface area contributed by atoms with Gasteiger partial charge in [0.2, 0.25) is 47.0 Å². The van der Waals surface area contributed by atoms with Gasteiger partial charge in [-0.25, -0.2) is 21.7 Å². The van der Waals surface area contributed by atoms with Crippen LogP contribution >= 0.6 is 0 Å². The Hall–Kier alpha value is -10.2. The largest absolute Gasteiger partial charge is 0.508 e. The molecule has 2 heterocycles. The zero-order chi connectivity index (χ0) is 95.7. The van der Waals surface area contributed by atoms with Gasteiger partial charge in [0.1, 0.15) is 29.4 Å². The number of aliphatic hydroxyl groups excluding tert-OH is 2. The number of rotatable bonds is 38. The summed E-state index contributed by atoms with van der Waals surface area (Å²) >= 11 is 0. The van der Waals surface area contributed by atoms with Crippen LogP contribution in [0.2, 0.25) is 0 Å². The second kappa shape index (κ2) is 55.7. The van der Waals surface area contributed by atoms with Crippen molar-refractivity contribution in [1.29, 1.82) is 0 Å². The smallest absolute Gasteiger partial charge is 0.246 e. The molecule has 3 aromatic carbocycles. The Morgan fingerprint density at radius 2 is 1.22 bits per heavy atom. The third-order valence-electron chi connectivity index (χ3n) is 23.1. The second-order valence-electron chi connectivity index (χ2n) is 35.1. The first-order valence-corrected chi connectivity index (χ1v) is 44.9. The molecule has 5 rings (SSSR count). The number of para-hydroxylation sites is 1. The molecule has 0 radical (unpaired) electrons. The maximum absolute atomic E-state index is 15.1. The highest BCUT2D eigenvalue weighted by Gasteiger charge is 2.42. The van der Waals surface area contributed by atoms with Crippen LogP contribution in [0.3, 0.4) is 0 Å². The van der Waals surface area contributed by atoms with Crippen LogP contribution in [0.4, 0.5) is 0 Å². The number of phenolic OH excluding ortho intramolecular Hbond substituents is 1. The van der Waals surface area contributed by atoms with Crippen LogP contribution in [0.15, 0.2) is 97.2 Å². The highest BCUT2D eigenvalue weighted by Crippen LogP contribution is 2.24. The molecule has 1 aliphatic rings. The van der Waals surface area contributed by atoms with Crippen molar-refractivity contribution in [1.82, 2.24) is 79.9 Å². The van der Waals surface area contributed by atoms with Gasteiger partial charge >= 0.3 is 0 Å². The molecule has 129 heavy (non-hydrogen) atoms. The Labute approximate surface area is 756 Å². The molecule has 0 aliphatic carbocycles. The number of hydrazine groups is 2. The number of carbonyl (C=O) groups excluding carboxylic acids is 16. The highest BCUT2D eigenvalue weighted by molar-refractivity contribution is 6.41. The van der Waals surface area contributed by atoms with E-state index >= 15 is 9.59 Å². The van der Waals surface area contributed by atoms with Crippen molar-refractivity contribution in [3.8, 4) is 5.75 Å². The van der Waals surface area contributed by atoms with Crippen LogP contribution in [-0.2, 0) is 96.0 Å². The van der Waals surface area contributed by atoms with Crippen molar-refractivity contribution in [2.75, 3.05) is 45.9 Å². The molecule has 712 valence electrons. The van der Waals surface area contributed by atoms with E-state index in [9.17, 15) is 82.4 Å². The summed E-state index contributed by atoms with van der Waals surface area (Å²) in [6.45, 7) is 16.3. The molecule has 36 heteroatoms. The number of allylic oxidation sites excluding steroid dienone is 2. The fourth-order valence-electron chi connectivity index (χ4n) is 14.6. The van der Waals surface area contributed by atoms with E-state index in [2.05, 4.69) is 79.9 Å². The van der Waals surface area contributed by atoms with Gasteiger partial charge in [0, 0.05) is 49.8 Å². The van der Waals surface area contributed by atoms with Gasteiger partial charge < -0.3 is 79.6 Å². The predicted molar refractivity (Wildman–Crippen MR) is 488 cm³/mol. The van der Waals surface area contributed by atoms with E-state index in [1.165, 1.54) is 53.7 Å². The molecule has 6 amide bonds. The third kappa shape index (κ3) is 38.0. The number of hydrogen-bond acceptors (Lipinski definition) is 29. The molecule has 22 N–H and O–H groups in total. The lowest BCUT2D eigenvalue weighted by atomic mass is 9.89. The number of Topliss-reactive ketones (excluding diaryl/α,β-unsaturated/α-hetero) is 10. The predicted octanol–water partition coefficient (Wildman–Crippen LogP) is 1.29. The van der Waals surface area contributed by atoms with Crippen LogP contribution in [0.1, 0.15) is 203 Å². The molecule has 36 nitrogen and oxygen atoms in total. The summed E-state index contributed by atoms with van der Waals surface area (Å²) < 4.78 is 0. The van der Waals surface area contributed by atoms with Crippen LogP contribution in [0.25, 0.3) is 10.9 Å². The number of fused-ring (bicyclic) bond motifs is 1. The minimum Gasteiger partial charge on any atom is -0.508 e. The SMILES string of the molecule is CC(=O)N[C@@H](CC(C)C)C(=O)N[C@H](C(=O)C(=O)[C@H](Cc1ccccc1)NN[C@]1(C)CCCCCC/C=C\CCC[C@@](C)(C(=O)N[C@@H](CO)C(=O)CN[C@@H](C)C(=O)CCN[C@@H](C)C(=O)CN)NC(=O)[C@H](CCC(C)C)NN[C@@H](CCC(N)=O)C(=O)CN[C@@H](C)C(=O)CC(=O)[C@H](Cc2c[nH]c3ccccc23)NC(=O)[C@H](Cc2ccc(O)cc2)NCC(=O)[C@H](C)NCC1=O)[C@@H](C)O. The number of aliphatic hydroxyl groups is 2. The molecule has 0 saturated heterocycles. The number of aromatic amines is 1. The third-order valence-corrected chi connectivity index (χ3v) is 23.1. The zero-order valence-electron chi connectivity index (χ0n) is 76.8. The molecular weight excluding hydrogens is 1660 g/mol. The molecule has 0 fully saturated rings. The van der Waals surface area contributed by atoms with E-state index in [4.69, 9.17) is 11.5 Å². The highest BCUT2D eigenvalue weighted by atomic mass is 16.3. The lowest BCUT2D eigenvalue weighted by molar-refractivity contribution is -0.142. The van der Waals surface area contributed by atoms with E-state index in [1.807, 2.05) is 52.0 Å². The number of ketones is 10. The maximum Gasteiger partial charge on any atom is 0.246 e. The van der Waals surface area contributed by atoms with Crippen LogP contribution in [0, 0.1) is 11.8 Å². The summed E-state index contributed by atoms with van der Waals surface area (Å²) in [7, 11) is 0. The van der Waals surface area contributed by atoms with Crippen LogP contribution in [-0.4, -0.2) is 249 Å². The number of H-pyrrole nitrogens is 1. The summed E-state index contributed by atoms with van der Waals surface area (Å²) in [6.07, 6.45) is 6.62. The summed E-state index contributed by atoms with van der Waals surface area (Å²) in [5.74, 6) is -11.1. The first-order valence-electron chi connectivity index (χ1n) is 44.9. The van der Waals surface area contributed by atoms with Gasteiger partial charge in [-0.15, -0.1) is 0 Å². The van der Waals surface area contributed by atoms with Crippen LogP contribution < -0.4 is 86.3 Å². The Bertz CT molecular complexity index is 4430. The number of amides is 6. The van der Waals surface area contributed by atoms with E-state index in [1.54, 1.807) is 74.6 Å². The van der Waals surface area contributed by atoms with Crippen molar-refractivity contribution in [2.45, 2.75) is 295 Å². The molecule has 1 aromatic heterocycles. The summed E-state index contributed by atoms with van der Waals surface area (Å²) in [6, 6.07) is 7.18. The number of hydrogen-bond donors (Lipinski definition) is 20. The van der Waals surface area contributed by atoms with E-state index < -0.39 is 211 Å². The average Bonchev–Trinajstić information content (AvgIpc) is 1.41. The molecule has 0 spiro atoms. The quantitative estimate of drug-likeness (QED) is 0.0130. The standard InChI is InChI=1S/C93H141N17O19/c1-55(2)31-36-70-90(128)106-93(12,91(129)104-75(54-111)82(121)52-97-57(5)76(115)39-42-96-59(7)79(118)48-94)41-26-19-17-15-13-14-16-18-25-40-92(11,110-109-72(44-63-27-21-20-22-28-63)86(124)87(125)85(61(9)112)105-89(127)74(43-56(3)4)102-62(10)113)83(122)53-99-60(8)80(119)50-101-73(45-64-32-34-66(114)35-33-64)88(126)103-71(46-65-49-100-68-30-24-23-29-67(65)68)78(117)47-77(116)58(6)98-51-81(120)69(107-108-70)37-38-84(95)123/h15,17,20-24,27-30,32-35,49,55-61,69-75,85,96-101,107-112,114H,13-14,16,18-19,25-26,31,36-48,50-54,94H2,1-12H3,(H2,95,123)(H,102,113)(H,103,126)(H,104,129)(H,105,127)(H,106,128)/b17-15-/t57-,58-,59-,60-,61+,69-,70-,71-,72-,73-,74-,75-,85-,92+,93-/m0/s1. The van der Waals surface area contributed by atoms with E-state index in [0.29, 0.717) is 72.5 Å². The molecule has 0 saturated carbocycles. The van der Waals surface area contributed by atoms with Crippen molar-refractivity contribution in [3.63, 3.8) is 0 Å². The fourth-order valence-corrected chi connectivity index (χ4v) is 14.6. The number of phenols is 1. The first kappa shape index (κ1) is 109. The second-order valence-corrected chi connectivity index (χ2v) is 35.1. The lowest BCUT2D eigenvalue weighted by Crippen LogP contribution is -2.64. The Balaban J connectivity index is 1.54. The molecule has 0 unspecified atom stereocenters. The first-order chi connectivity index (χ1) is 61.1. The van der Waals surface area contributed by atoms with Crippen molar-refractivity contribution < 1.29 is 92.0 Å². The number of aromatic nitrogens is 1.